The summed E-state index contributed by atoms with van der Waals surface area (Å²) in [5, 5.41) is 14.3. The molecule has 122 valence electrons. The molecule has 2 aromatic rings. The van der Waals surface area contributed by atoms with Gasteiger partial charge in [0.25, 0.3) is 0 Å². The third-order valence-electron chi connectivity index (χ3n) is 3.58. The van der Waals surface area contributed by atoms with Crippen LogP contribution in [-0.4, -0.2) is 39.0 Å². The molecule has 1 aromatic heterocycles. The fourth-order valence-corrected chi connectivity index (χ4v) is 2.39. The number of aliphatic hydroxyl groups excluding tert-OH is 1. The molecule has 2 rings (SSSR count). The number of nitrogens with zero attached hydrogens (tertiary/aromatic N) is 2. The van der Waals surface area contributed by atoms with Gasteiger partial charge >= 0.3 is 11.8 Å². The summed E-state index contributed by atoms with van der Waals surface area (Å²) in [6.07, 6.45) is 3.61. The Hall–Kier alpha value is -2.06. The lowest BCUT2D eigenvalue weighted by molar-refractivity contribution is -0.137. The molecule has 0 aliphatic rings. The first kappa shape index (κ1) is 17.3. The summed E-state index contributed by atoms with van der Waals surface area (Å²) in [4.78, 5) is 32.4. The van der Waals surface area contributed by atoms with Crippen LogP contribution in [0.25, 0.3) is 11.0 Å². The monoisotopic (exact) mass is 380 g/mol. The molecule has 23 heavy (non-hydrogen) atoms. The van der Waals surface area contributed by atoms with E-state index in [9.17, 15) is 14.7 Å². The van der Waals surface area contributed by atoms with Crippen LogP contribution in [0.5, 0.6) is 0 Å². The van der Waals surface area contributed by atoms with Gasteiger partial charge in [-0.15, -0.1) is 0 Å². The maximum absolute atomic E-state index is 12.0. The molecule has 0 fully saturated rings. The lowest BCUT2D eigenvalue weighted by atomic mass is 10.0. The molecule has 0 saturated heterocycles. The van der Waals surface area contributed by atoms with Crippen LogP contribution in [0.1, 0.15) is 20.3 Å². The number of hydrogen-bond acceptors (Lipinski definition) is 5. The molecule has 7 nitrogen and oxygen atoms in total. The van der Waals surface area contributed by atoms with Crippen LogP contribution in [-0.2, 0) is 9.59 Å². The van der Waals surface area contributed by atoms with Gasteiger partial charge in [-0.1, -0.05) is 6.92 Å². The molecule has 1 atom stereocenters. The van der Waals surface area contributed by atoms with E-state index in [1.54, 1.807) is 31.5 Å². The number of halogens is 1. The molecule has 0 aliphatic carbocycles. The van der Waals surface area contributed by atoms with E-state index in [1.807, 2.05) is 6.92 Å². The predicted octanol–water partition coefficient (Wildman–Crippen LogP) is 1.61. The Balaban J connectivity index is 2.17. The third kappa shape index (κ3) is 3.83. The fourth-order valence-electron chi connectivity index (χ4n) is 1.85. The predicted molar refractivity (Wildman–Crippen MR) is 89.8 cm³/mol. The molecule has 0 spiro atoms. The van der Waals surface area contributed by atoms with Gasteiger partial charge in [0.2, 0.25) is 0 Å². The first-order valence-corrected chi connectivity index (χ1v) is 7.83. The summed E-state index contributed by atoms with van der Waals surface area (Å²) in [5.74, 6) is -1.63. The van der Waals surface area contributed by atoms with Crippen molar-refractivity contribution in [2.45, 2.75) is 25.8 Å². The lowest BCUT2D eigenvalue weighted by Crippen LogP contribution is -2.51. The van der Waals surface area contributed by atoms with Crippen LogP contribution in [0, 0.1) is 0 Å². The Morgan fingerprint density at radius 1 is 1.26 bits per heavy atom. The summed E-state index contributed by atoms with van der Waals surface area (Å²) in [6.45, 7) is 3.23. The van der Waals surface area contributed by atoms with Crippen LogP contribution in [0.2, 0.25) is 0 Å². The molecule has 3 N–H and O–H groups in total. The van der Waals surface area contributed by atoms with Crippen molar-refractivity contribution in [1.29, 1.82) is 0 Å². The maximum Gasteiger partial charge on any atom is 0.313 e. The highest BCUT2D eigenvalue weighted by Crippen LogP contribution is 2.28. The average Bonchev–Trinajstić information content (AvgIpc) is 2.57. The number of benzene rings is 1. The van der Waals surface area contributed by atoms with E-state index >= 15 is 0 Å². The molecule has 0 unspecified atom stereocenters. The first-order chi connectivity index (χ1) is 10.9. The number of fused-ring (bicyclic) bond motifs is 1. The topological polar surface area (TPSA) is 104 Å². The summed E-state index contributed by atoms with van der Waals surface area (Å²) in [7, 11) is 0. The van der Waals surface area contributed by atoms with Gasteiger partial charge in [-0.3, -0.25) is 19.6 Å². The van der Waals surface area contributed by atoms with E-state index in [0.29, 0.717) is 27.6 Å². The number of carbonyl (C=O) groups excluding carboxylic acids is 2. The van der Waals surface area contributed by atoms with E-state index < -0.39 is 17.4 Å². The smallest absolute Gasteiger partial charge is 0.313 e. The van der Waals surface area contributed by atoms with Crippen LogP contribution < -0.4 is 10.6 Å². The molecule has 8 heteroatoms. The molecular weight excluding hydrogens is 364 g/mol. The number of nitrogens with one attached hydrogen (secondary N) is 2. The zero-order chi connectivity index (χ0) is 17.0. The van der Waals surface area contributed by atoms with Gasteiger partial charge in [0, 0.05) is 12.4 Å². The lowest BCUT2D eigenvalue weighted by Gasteiger charge is -2.26. The van der Waals surface area contributed by atoms with E-state index in [2.05, 4.69) is 36.5 Å². The quantitative estimate of drug-likeness (QED) is 0.698. The van der Waals surface area contributed by atoms with Gasteiger partial charge in [-0.2, -0.15) is 0 Å². The highest BCUT2D eigenvalue weighted by Gasteiger charge is 2.27. The minimum absolute atomic E-state index is 0.252. The number of rotatable bonds is 4. The van der Waals surface area contributed by atoms with Crippen molar-refractivity contribution in [3.05, 3.63) is 29.0 Å². The van der Waals surface area contributed by atoms with Gasteiger partial charge in [0.15, 0.2) is 0 Å². The molecular formula is C15H17BrN4O3. The number of anilines is 1. The van der Waals surface area contributed by atoms with Gasteiger partial charge in [0.05, 0.1) is 27.8 Å². The summed E-state index contributed by atoms with van der Waals surface area (Å²) >= 11 is 3.36. The number of aliphatic hydroxyl groups is 1. The fraction of sp³-hybridized carbons (Fsp3) is 0.333. The number of amides is 2. The highest BCUT2D eigenvalue weighted by molar-refractivity contribution is 9.10. The largest absolute Gasteiger partial charge is 0.394 e. The number of carbonyl (C=O) groups is 2. The standard InChI is InChI=1S/C15H17BrN4O3/c1-3-15(2,8-21)20-14(23)13(22)19-9-4-5-10-12(11(9)16)18-7-6-17-10/h4-7,21H,3,8H2,1-2H3,(H,19,22)(H,20,23)/t15-/m1/s1. The van der Waals surface area contributed by atoms with Crippen LogP contribution in [0.4, 0.5) is 5.69 Å². The Morgan fingerprint density at radius 3 is 2.61 bits per heavy atom. The molecule has 0 radical (unpaired) electrons. The Morgan fingerprint density at radius 2 is 1.96 bits per heavy atom. The second kappa shape index (κ2) is 7.01. The Labute approximate surface area is 141 Å². The van der Waals surface area contributed by atoms with E-state index in [4.69, 9.17) is 0 Å². The Kier molecular flexibility index (Phi) is 5.27. The van der Waals surface area contributed by atoms with Crippen molar-refractivity contribution in [2.75, 3.05) is 11.9 Å². The van der Waals surface area contributed by atoms with Crippen molar-refractivity contribution in [3.63, 3.8) is 0 Å². The van der Waals surface area contributed by atoms with E-state index in [1.165, 1.54) is 0 Å². The van der Waals surface area contributed by atoms with Crippen LogP contribution in [0.3, 0.4) is 0 Å². The maximum atomic E-state index is 12.0. The van der Waals surface area contributed by atoms with Crippen molar-refractivity contribution in [3.8, 4) is 0 Å². The van der Waals surface area contributed by atoms with Crippen LogP contribution >= 0.6 is 15.9 Å². The summed E-state index contributed by atoms with van der Waals surface area (Å²) in [5.41, 5.74) is 0.834. The highest BCUT2D eigenvalue weighted by atomic mass is 79.9. The normalized spacial score (nSPS) is 13.4. The molecule has 1 aromatic carbocycles. The number of aromatic nitrogens is 2. The summed E-state index contributed by atoms with van der Waals surface area (Å²) < 4.78 is 0.546. The van der Waals surface area contributed by atoms with Gasteiger partial charge in [0.1, 0.15) is 5.52 Å². The van der Waals surface area contributed by atoms with Crippen molar-refractivity contribution in [1.82, 2.24) is 15.3 Å². The second-order valence-electron chi connectivity index (χ2n) is 5.33. The van der Waals surface area contributed by atoms with E-state index in [0.717, 1.165) is 0 Å². The first-order valence-electron chi connectivity index (χ1n) is 7.04. The van der Waals surface area contributed by atoms with Crippen molar-refractivity contribution < 1.29 is 14.7 Å². The van der Waals surface area contributed by atoms with Gasteiger partial charge in [-0.25, -0.2) is 0 Å². The van der Waals surface area contributed by atoms with Crippen molar-refractivity contribution in [2.24, 2.45) is 0 Å². The molecule has 0 aliphatic heterocycles. The average molecular weight is 381 g/mol. The Bertz CT molecular complexity index is 747. The molecule has 2 amide bonds. The minimum atomic E-state index is -0.833. The zero-order valence-corrected chi connectivity index (χ0v) is 14.3. The zero-order valence-electron chi connectivity index (χ0n) is 12.8. The van der Waals surface area contributed by atoms with Crippen molar-refractivity contribution >= 4 is 44.5 Å². The molecule has 0 saturated carbocycles. The molecule has 0 bridgehead atoms. The molecule has 1 heterocycles. The second-order valence-corrected chi connectivity index (χ2v) is 6.12. The SMILES string of the molecule is CC[C@](C)(CO)NC(=O)C(=O)Nc1ccc2nccnc2c1Br. The van der Waals surface area contributed by atoms with Gasteiger partial charge in [-0.05, 0) is 41.4 Å². The van der Waals surface area contributed by atoms with Crippen LogP contribution in [0.15, 0.2) is 29.0 Å². The van der Waals surface area contributed by atoms with Gasteiger partial charge < -0.3 is 15.7 Å². The third-order valence-corrected chi connectivity index (χ3v) is 4.38. The van der Waals surface area contributed by atoms with E-state index in [-0.39, 0.29) is 6.61 Å². The number of hydrogen-bond donors (Lipinski definition) is 3. The minimum Gasteiger partial charge on any atom is -0.394 e. The summed E-state index contributed by atoms with van der Waals surface area (Å²) in [6, 6.07) is 3.34.